The molecular weight excluding hydrogens is 383 g/mol. The highest BCUT2D eigenvalue weighted by Crippen LogP contribution is 2.37. The zero-order valence-electron chi connectivity index (χ0n) is 16.7. The quantitative estimate of drug-likeness (QED) is 0.580. The molecule has 1 unspecified atom stereocenters. The van der Waals surface area contributed by atoms with E-state index in [9.17, 15) is 9.18 Å². The third-order valence-corrected chi connectivity index (χ3v) is 5.45. The highest BCUT2D eigenvalue weighted by Gasteiger charge is 2.24. The highest BCUT2D eigenvalue weighted by atomic mass is 19.1. The van der Waals surface area contributed by atoms with E-state index in [2.05, 4.69) is 0 Å². The molecule has 0 saturated carbocycles. The van der Waals surface area contributed by atoms with E-state index in [0.717, 1.165) is 34.4 Å². The summed E-state index contributed by atoms with van der Waals surface area (Å²) in [5.74, 6) is 0.309. The Balaban J connectivity index is 1.55. The monoisotopic (exact) mass is 406 g/mol. The van der Waals surface area contributed by atoms with Crippen LogP contribution in [0.25, 0.3) is 11.1 Å². The van der Waals surface area contributed by atoms with Gasteiger partial charge in [0.1, 0.15) is 23.4 Å². The molecule has 0 radical (unpaired) electrons. The van der Waals surface area contributed by atoms with Gasteiger partial charge in [-0.05, 0) is 65.8 Å². The maximum atomic E-state index is 15.0. The number of benzene rings is 3. The number of aryl methyl sites for hydroxylation is 2. The van der Waals surface area contributed by atoms with Gasteiger partial charge in [-0.15, -0.1) is 0 Å². The van der Waals surface area contributed by atoms with E-state index in [1.54, 1.807) is 13.2 Å². The maximum absolute atomic E-state index is 15.0. The molecule has 30 heavy (non-hydrogen) atoms. The third kappa shape index (κ3) is 4.30. The molecule has 1 atom stereocenters. The SMILES string of the molecule is COc1cccc(-c2ccc(C3CCc4ccc(CCC(=O)O)cc4O3)c(F)c2)c1. The normalized spacial score (nSPS) is 15.2. The van der Waals surface area contributed by atoms with Crippen molar-refractivity contribution in [3.05, 3.63) is 83.2 Å². The fraction of sp³-hybridized carbons (Fsp3) is 0.240. The number of carbonyl (C=O) groups is 1. The highest BCUT2D eigenvalue weighted by molar-refractivity contribution is 5.67. The van der Waals surface area contributed by atoms with E-state index in [4.69, 9.17) is 14.6 Å². The Kier molecular flexibility index (Phi) is 5.70. The van der Waals surface area contributed by atoms with Gasteiger partial charge in [0.15, 0.2) is 0 Å². The fourth-order valence-electron chi connectivity index (χ4n) is 3.81. The standard InChI is InChI=1S/C25H23FO4/c1-29-20-4-2-3-18(14-20)19-8-10-21(22(26)15-19)23-11-9-17-7-5-16(6-12-25(27)28)13-24(17)30-23/h2-5,7-8,10,13-15,23H,6,9,11-12H2,1H3,(H,27,28). The minimum Gasteiger partial charge on any atom is -0.497 e. The first-order valence-corrected chi connectivity index (χ1v) is 9.97. The molecule has 4 nitrogen and oxygen atoms in total. The number of ether oxygens (including phenoxy) is 2. The summed E-state index contributed by atoms with van der Waals surface area (Å²) in [5, 5.41) is 8.89. The van der Waals surface area contributed by atoms with Crippen LogP contribution >= 0.6 is 0 Å². The zero-order chi connectivity index (χ0) is 21.1. The maximum Gasteiger partial charge on any atom is 0.303 e. The molecule has 0 saturated heterocycles. The first-order chi connectivity index (χ1) is 14.5. The molecular formula is C25H23FO4. The topological polar surface area (TPSA) is 55.8 Å². The summed E-state index contributed by atoms with van der Waals surface area (Å²) in [4.78, 5) is 10.8. The number of hydrogen-bond acceptors (Lipinski definition) is 3. The number of rotatable bonds is 6. The summed E-state index contributed by atoms with van der Waals surface area (Å²) in [6.07, 6.45) is 1.63. The van der Waals surface area contributed by atoms with E-state index >= 15 is 0 Å². The second-order valence-corrected chi connectivity index (χ2v) is 7.45. The number of carboxylic acids is 1. The van der Waals surface area contributed by atoms with E-state index in [1.807, 2.05) is 48.5 Å². The summed E-state index contributed by atoms with van der Waals surface area (Å²) in [6, 6.07) is 18.5. The lowest BCUT2D eigenvalue weighted by Crippen LogP contribution is -2.16. The second kappa shape index (κ2) is 8.57. The van der Waals surface area contributed by atoms with Crippen molar-refractivity contribution in [1.29, 1.82) is 0 Å². The van der Waals surface area contributed by atoms with Crippen LogP contribution in [0.15, 0.2) is 60.7 Å². The van der Waals surface area contributed by atoms with Crippen molar-refractivity contribution in [2.45, 2.75) is 31.8 Å². The van der Waals surface area contributed by atoms with Crippen LogP contribution in [0.1, 0.15) is 35.6 Å². The second-order valence-electron chi connectivity index (χ2n) is 7.45. The van der Waals surface area contributed by atoms with Crippen molar-refractivity contribution in [2.24, 2.45) is 0 Å². The van der Waals surface area contributed by atoms with Gasteiger partial charge in [-0.25, -0.2) is 4.39 Å². The number of methoxy groups -OCH3 is 1. The molecule has 4 rings (SSSR count). The van der Waals surface area contributed by atoms with E-state index in [-0.39, 0.29) is 18.3 Å². The Morgan fingerprint density at radius 1 is 1.13 bits per heavy atom. The summed E-state index contributed by atoms with van der Waals surface area (Å²) >= 11 is 0. The molecule has 0 aromatic heterocycles. The van der Waals surface area contributed by atoms with Crippen LogP contribution in [-0.2, 0) is 17.6 Å². The van der Waals surface area contributed by atoms with Gasteiger partial charge in [-0.2, -0.15) is 0 Å². The largest absolute Gasteiger partial charge is 0.497 e. The molecule has 3 aromatic rings. The smallest absolute Gasteiger partial charge is 0.303 e. The Morgan fingerprint density at radius 3 is 2.73 bits per heavy atom. The van der Waals surface area contributed by atoms with Crippen LogP contribution in [0.2, 0.25) is 0 Å². The first-order valence-electron chi connectivity index (χ1n) is 9.97. The van der Waals surface area contributed by atoms with Crippen molar-refractivity contribution in [1.82, 2.24) is 0 Å². The number of aliphatic carboxylic acids is 1. The van der Waals surface area contributed by atoms with Gasteiger partial charge in [0, 0.05) is 12.0 Å². The van der Waals surface area contributed by atoms with E-state index in [0.29, 0.717) is 24.2 Å². The molecule has 0 bridgehead atoms. The molecule has 0 aliphatic carbocycles. The van der Waals surface area contributed by atoms with Crippen LogP contribution in [0.5, 0.6) is 11.5 Å². The summed E-state index contributed by atoms with van der Waals surface area (Å²) in [6.45, 7) is 0. The lowest BCUT2D eigenvalue weighted by Gasteiger charge is -2.27. The molecule has 5 heteroatoms. The molecule has 1 heterocycles. The minimum atomic E-state index is -0.829. The number of halogens is 1. The van der Waals surface area contributed by atoms with Crippen LogP contribution in [0, 0.1) is 5.82 Å². The van der Waals surface area contributed by atoms with Gasteiger partial charge >= 0.3 is 5.97 Å². The van der Waals surface area contributed by atoms with Gasteiger partial charge in [0.05, 0.1) is 7.11 Å². The van der Waals surface area contributed by atoms with Gasteiger partial charge in [0.25, 0.3) is 0 Å². The van der Waals surface area contributed by atoms with Gasteiger partial charge in [-0.1, -0.05) is 36.4 Å². The summed E-state index contributed by atoms with van der Waals surface area (Å²) < 4.78 is 26.4. The summed E-state index contributed by atoms with van der Waals surface area (Å²) in [7, 11) is 1.61. The molecule has 0 fully saturated rings. The van der Waals surface area contributed by atoms with Crippen molar-refractivity contribution >= 4 is 5.97 Å². The molecule has 1 aliphatic heterocycles. The Bertz CT molecular complexity index is 1080. The molecule has 0 amide bonds. The number of fused-ring (bicyclic) bond motifs is 1. The van der Waals surface area contributed by atoms with Crippen molar-refractivity contribution in [2.75, 3.05) is 7.11 Å². The number of carboxylic acid groups (broad SMARTS) is 1. The van der Waals surface area contributed by atoms with Crippen LogP contribution in [-0.4, -0.2) is 18.2 Å². The third-order valence-electron chi connectivity index (χ3n) is 5.45. The average molecular weight is 406 g/mol. The van der Waals surface area contributed by atoms with Crippen molar-refractivity contribution in [3.63, 3.8) is 0 Å². The van der Waals surface area contributed by atoms with Gasteiger partial charge < -0.3 is 14.6 Å². The Hall–Kier alpha value is -3.34. The summed E-state index contributed by atoms with van der Waals surface area (Å²) in [5.41, 5.74) is 4.17. The average Bonchev–Trinajstić information content (AvgIpc) is 2.77. The van der Waals surface area contributed by atoms with Crippen LogP contribution < -0.4 is 9.47 Å². The lowest BCUT2D eigenvalue weighted by atomic mass is 9.94. The van der Waals surface area contributed by atoms with Crippen molar-refractivity contribution in [3.8, 4) is 22.6 Å². The first kappa shape index (κ1) is 20.0. The molecule has 0 spiro atoms. The van der Waals surface area contributed by atoms with Crippen LogP contribution in [0.3, 0.4) is 0 Å². The molecule has 1 aliphatic rings. The van der Waals surface area contributed by atoms with Gasteiger partial charge in [-0.3, -0.25) is 4.79 Å². The lowest BCUT2D eigenvalue weighted by molar-refractivity contribution is -0.136. The van der Waals surface area contributed by atoms with Crippen molar-refractivity contribution < 1.29 is 23.8 Å². The molecule has 154 valence electrons. The Labute approximate surface area is 174 Å². The molecule has 1 N–H and O–H groups in total. The Morgan fingerprint density at radius 2 is 1.97 bits per heavy atom. The van der Waals surface area contributed by atoms with Crippen LogP contribution in [0.4, 0.5) is 4.39 Å². The van der Waals surface area contributed by atoms with Gasteiger partial charge in [0.2, 0.25) is 0 Å². The van der Waals surface area contributed by atoms with E-state index in [1.165, 1.54) is 6.07 Å². The van der Waals surface area contributed by atoms with E-state index < -0.39 is 5.97 Å². The minimum absolute atomic E-state index is 0.0720. The predicted molar refractivity (Wildman–Crippen MR) is 112 cm³/mol. The predicted octanol–water partition coefficient (Wildman–Crippen LogP) is 5.58. The number of hydrogen-bond donors (Lipinski definition) is 1. The zero-order valence-corrected chi connectivity index (χ0v) is 16.7. The fourth-order valence-corrected chi connectivity index (χ4v) is 3.81. The molecule has 3 aromatic carbocycles.